The van der Waals surface area contributed by atoms with Crippen LogP contribution >= 0.6 is 0 Å². The molecule has 0 saturated carbocycles. The van der Waals surface area contributed by atoms with Gasteiger partial charge in [0.2, 0.25) is 0 Å². The van der Waals surface area contributed by atoms with Gasteiger partial charge in [0.25, 0.3) is 0 Å². The molecule has 2 aliphatic rings. The average molecular weight is 147 g/mol. The first-order chi connectivity index (χ1) is 5.38. The highest BCUT2D eigenvalue weighted by atomic mass is 14.6. The van der Waals surface area contributed by atoms with Gasteiger partial charge in [0.15, 0.2) is 0 Å². The molecule has 0 aromatic heterocycles. The van der Waals surface area contributed by atoms with E-state index in [1.807, 2.05) is 0 Å². The van der Waals surface area contributed by atoms with E-state index < -0.39 is 0 Å². The number of allylic oxidation sites excluding steroid dienone is 5. The van der Waals surface area contributed by atoms with E-state index in [2.05, 4.69) is 18.2 Å². The molecule has 0 unspecified atom stereocenters. The predicted molar refractivity (Wildman–Crippen MR) is 46.9 cm³/mol. The second-order valence-corrected chi connectivity index (χ2v) is 3.16. The summed E-state index contributed by atoms with van der Waals surface area (Å²) in [5.74, 6) is 0. The Kier molecular flexibility index (Phi) is 1.57. The fourth-order valence-corrected chi connectivity index (χ4v) is 1.75. The Balaban J connectivity index is 2.40. The molecule has 1 nitrogen and oxygen atoms in total. The molecule has 0 saturated heterocycles. The van der Waals surface area contributed by atoms with E-state index >= 15 is 0 Å². The maximum atomic E-state index is 5.88. The molecule has 0 amide bonds. The Morgan fingerprint density at radius 2 is 2.27 bits per heavy atom. The minimum atomic E-state index is 0.951. The quantitative estimate of drug-likeness (QED) is 0.559. The summed E-state index contributed by atoms with van der Waals surface area (Å²) in [6, 6.07) is 0. The van der Waals surface area contributed by atoms with Crippen molar-refractivity contribution < 1.29 is 0 Å². The molecule has 0 bridgehead atoms. The van der Waals surface area contributed by atoms with Gasteiger partial charge in [-0.25, -0.2) is 0 Å². The zero-order valence-corrected chi connectivity index (χ0v) is 6.64. The first-order valence-corrected chi connectivity index (χ1v) is 4.22. The molecule has 0 atom stereocenters. The van der Waals surface area contributed by atoms with Crippen molar-refractivity contribution in [2.24, 2.45) is 5.73 Å². The van der Waals surface area contributed by atoms with Gasteiger partial charge in [-0.3, -0.25) is 0 Å². The third-order valence-corrected chi connectivity index (χ3v) is 2.37. The van der Waals surface area contributed by atoms with Crippen molar-refractivity contribution in [2.45, 2.75) is 25.7 Å². The maximum absolute atomic E-state index is 5.88. The summed E-state index contributed by atoms with van der Waals surface area (Å²) in [6.45, 7) is 0. The number of hydrogen-bond acceptors (Lipinski definition) is 1. The van der Waals surface area contributed by atoms with Crippen LogP contribution < -0.4 is 5.73 Å². The number of nitrogens with two attached hydrogens (primary N) is 1. The largest absolute Gasteiger partial charge is 0.402 e. The molecule has 0 aromatic carbocycles. The van der Waals surface area contributed by atoms with E-state index in [0.717, 1.165) is 12.1 Å². The molecule has 1 heteroatoms. The second-order valence-electron chi connectivity index (χ2n) is 3.16. The summed E-state index contributed by atoms with van der Waals surface area (Å²) in [6.07, 6.45) is 11.3. The molecular weight excluding hydrogens is 134 g/mol. The van der Waals surface area contributed by atoms with Crippen LogP contribution in [-0.4, -0.2) is 0 Å². The summed E-state index contributed by atoms with van der Waals surface area (Å²) < 4.78 is 0. The fourth-order valence-electron chi connectivity index (χ4n) is 1.75. The number of rotatable bonds is 0. The number of fused-ring (bicyclic) bond motifs is 1. The van der Waals surface area contributed by atoms with Gasteiger partial charge in [-0.1, -0.05) is 18.2 Å². The van der Waals surface area contributed by atoms with Crippen molar-refractivity contribution in [3.63, 3.8) is 0 Å². The first kappa shape index (κ1) is 6.71. The van der Waals surface area contributed by atoms with E-state index in [-0.39, 0.29) is 0 Å². The van der Waals surface area contributed by atoms with Crippen LogP contribution in [0.2, 0.25) is 0 Å². The molecule has 2 aliphatic carbocycles. The molecule has 0 radical (unpaired) electrons. The average Bonchev–Trinajstić information content (AvgIpc) is 2.06. The van der Waals surface area contributed by atoms with Gasteiger partial charge in [0.05, 0.1) is 0 Å². The van der Waals surface area contributed by atoms with Gasteiger partial charge in [0, 0.05) is 12.1 Å². The highest BCUT2D eigenvalue weighted by Crippen LogP contribution is 2.30. The predicted octanol–water partition coefficient (Wildman–Crippen LogP) is 2.27. The molecule has 2 rings (SSSR count). The summed E-state index contributed by atoms with van der Waals surface area (Å²) in [7, 11) is 0. The molecule has 11 heavy (non-hydrogen) atoms. The molecule has 2 N–H and O–H groups in total. The first-order valence-electron chi connectivity index (χ1n) is 4.22. The van der Waals surface area contributed by atoms with E-state index in [0.29, 0.717) is 0 Å². The lowest BCUT2D eigenvalue weighted by molar-refractivity contribution is 0.788. The minimum absolute atomic E-state index is 0.951. The van der Waals surface area contributed by atoms with Gasteiger partial charge in [-0.15, -0.1) is 0 Å². The van der Waals surface area contributed by atoms with Crippen LogP contribution in [0, 0.1) is 0 Å². The third kappa shape index (κ3) is 1.11. The molecule has 58 valence electrons. The van der Waals surface area contributed by atoms with Crippen molar-refractivity contribution in [2.75, 3.05) is 0 Å². The van der Waals surface area contributed by atoms with E-state index in [1.165, 1.54) is 30.4 Å². The normalized spacial score (nSPS) is 23.1. The van der Waals surface area contributed by atoms with Crippen molar-refractivity contribution in [3.8, 4) is 0 Å². The zero-order chi connectivity index (χ0) is 7.68. The molecule has 0 fully saturated rings. The molecular formula is C10H13N. The lowest BCUT2D eigenvalue weighted by Crippen LogP contribution is -2.08. The van der Waals surface area contributed by atoms with Crippen LogP contribution in [0.1, 0.15) is 25.7 Å². The highest BCUT2D eigenvalue weighted by molar-refractivity contribution is 5.47. The molecule has 0 aliphatic heterocycles. The Morgan fingerprint density at radius 1 is 1.36 bits per heavy atom. The van der Waals surface area contributed by atoms with Gasteiger partial charge >= 0.3 is 0 Å². The third-order valence-electron chi connectivity index (χ3n) is 2.37. The summed E-state index contributed by atoms with van der Waals surface area (Å²) >= 11 is 0. The second kappa shape index (κ2) is 2.57. The Hall–Kier alpha value is -0.980. The summed E-state index contributed by atoms with van der Waals surface area (Å²) in [5.41, 5.74) is 9.74. The van der Waals surface area contributed by atoms with Gasteiger partial charge < -0.3 is 5.73 Å². The lowest BCUT2D eigenvalue weighted by Gasteiger charge is -2.19. The van der Waals surface area contributed by atoms with Crippen LogP contribution in [0.25, 0.3) is 0 Å². The minimum Gasteiger partial charge on any atom is -0.402 e. The van der Waals surface area contributed by atoms with Gasteiger partial charge in [-0.2, -0.15) is 0 Å². The van der Waals surface area contributed by atoms with Crippen LogP contribution in [0.3, 0.4) is 0 Å². The topological polar surface area (TPSA) is 26.0 Å². The standard InChI is InChI=1S/C10H13N/c11-10-7-3-5-8-4-1-2-6-9(8)10/h3-5H,1-2,6-7,11H2. The van der Waals surface area contributed by atoms with Crippen LogP contribution in [0.4, 0.5) is 0 Å². The molecule has 0 spiro atoms. The SMILES string of the molecule is NC1=C2CCCC=C2C=CC1. The van der Waals surface area contributed by atoms with Crippen molar-refractivity contribution in [3.05, 3.63) is 35.1 Å². The van der Waals surface area contributed by atoms with Crippen molar-refractivity contribution >= 4 is 0 Å². The lowest BCUT2D eigenvalue weighted by atomic mass is 9.88. The van der Waals surface area contributed by atoms with Gasteiger partial charge in [-0.05, 0) is 30.4 Å². The van der Waals surface area contributed by atoms with Crippen molar-refractivity contribution in [1.29, 1.82) is 0 Å². The maximum Gasteiger partial charge on any atom is 0.0157 e. The van der Waals surface area contributed by atoms with Crippen LogP contribution in [-0.2, 0) is 0 Å². The van der Waals surface area contributed by atoms with E-state index in [4.69, 9.17) is 5.73 Å². The Labute approximate surface area is 67.3 Å². The number of hydrogen-bond donors (Lipinski definition) is 1. The van der Waals surface area contributed by atoms with Crippen molar-refractivity contribution in [1.82, 2.24) is 0 Å². The Bertz CT molecular complexity index is 256. The summed E-state index contributed by atoms with van der Waals surface area (Å²) in [4.78, 5) is 0. The Morgan fingerprint density at radius 3 is 3.09 bits per heavy atom. The monoisotopic (exact) mass is 147 g/mol. The van der Waals surface area contributed by atoms with E-state index in [1.54, 1.807) is 0 Å². The highest BCUT2D eigenvalue weighted by Gasteiger charge is 2.13. The fraction of sp³-hybridized carbons (Fsp3) is 0.400. The molecule has 0 heterocycles. The van der Waals surface area contributed by atoms with E-state index in [9.17, 15) is 0 Å². The van der Waals surface area contributed by atoms with Crippen LogP contribution in [0.15, 0.2) is 35.1 Å². The summed E-state index contributed by atoms with van der Waals surface area (Å²) in [5, 5.41) is 0. The zero-order valence-electron chi connectivity index (χ0n) is 6.64. The molecule has 0 aromatic rings. The smallest absolute Gasteiger partial charge is 0.0157 e. The van der Waals surface area contributed by atoms with Crippen LogP contribution in [0.5, 0.6) is 0 Å². The van der Waals surface area contributed by atoms with Gasteiger partial charge in [0.1, 0.15) is 0 Å².